The summed E-state index contributed by atoms with van der Waals surface area (Å²) in [6.07, 6.45) is 4.28. The lowest BCUT2D eigenvalue weighted by Crippen LogP contribution is -2.10. The van der Waals surface area contributed by atoms with E-state index in [9.17, 15) is 0 Å². The summed E-state index contributed by atoms with van der Waals surface area (Å²) in [5, 5.41) is 6.75. The van der Waals surface area contributed by atoms with Gasteiger partial charge in [0.15, 0.2) is 17.3 Å². The van der Waals surface area contributed by atoms with Crippen molar-refractivity contribution in [1.29, 1.82) is 0 Å². The maximum Gasteiger partial charge on any atom is 0.166 e. The van der Waals surface area contributed by atoms with Gasteiger partial charge in [0.2, 0.25) is 0 Å². The molecule has 0 saturated carbocycles. The predicted molar refractivity (Wildman–Crippen MR) is 127 cm³/mol. The molecule has 0 amide bonds. The Balaban J connectivity index is 1.56. The zero-order valence-corrected chi connectivity index (χ0v) is 18.2. The number of hydrogen-bond donors (Lipinski definition) is 2. The lowest BCUT2D eigenvalue weighted by atomic mass is 10.1. The predicted octanol–water partition coefficient (Wildman–Crippen LogP) is 4.92. The maximum absolute atomic E-state index is 5.99. The van der Waals surface area contributed by atoms with Crippen molar-refractivity contribution in [3.63, 3.8) is 0 Å². The van der Waals surface area contributed by atoms with E-state index in [-0.39, 0.29) is 6.04 Å². The number of nitrogen functional groups attached to an aromatic ring is 1. The normalized spacial score (nSPS) is 11.6. The van der Waals surface area contributed by atoms with E-state index in [0.29, 0.717) is 18.2 Å². The van der Waals surface area contributed by atoms with Crippen molar-refractivity contribution in [1.82, 2.24) is 24.5 Å². The van der Waals surface area contributed by atoms with E-state index in [1.54, 1.807) is 17.5 Å². The highest BCUT2D eigenvalue weighted by atomic mass is 32.1. The number of nitrogens with two attached hydrogens (primary N) is 1. The fourth-order valence-electron chi connectivity index (χ4n) is 3.67. The minimum atomic E-state index is 0.245. The summed E-state index contributed by atoms with van der Waals surface area (Å²) in [5.74, 6) is 2.00. The summed E-state index contributed by atoms with van der Waals surface area (Å²) in [7, 11) is 0. The Kier molecular flexibility index (Phi) is 4.99. The first-order valence-electron chi connectivity index (χ1n) is 10.3. The molecule has 0 radical (unpaired) electrons. The standard InChI is InChI=1S/C23H23N7S/c1-14(2)30-13-27-19-22(26-11-9-15-6-5-10-25-20(15)24)28-21(29-23(19)30)17-12-31-18-8-4-3-7-16(17)18/h3-8,10,12-14H,9,11H2,1-2H3,(H2,24,25)(H,26,28,29). The first-order valence-corrected chi connectivity index (χ1v) is 11.1. The minimum Gasteiger partial charge on any atom is -0.383 e. The van der Waals surface area contributed by atoms with Gasteiger partial charge in [-0.25, -0.2) is 19.9 Å². The van der Waals surface area contributed by atoms with Gasteiger partial charge in [-0.05, 0) is 38.0 Å². The van der Waals surface area contributed by atoms with Crippen molar-refractivity contribution in [3.8, 4) is 11.4 Å². The molecule has 156 valence electrons. The zero-order valence-electron chi connectivity index (χ0n) is 17.4. The van der Waals surface area contributed by atoms with Crippen molar-refractivity contribution in [2.24, 2.45) is 0 Å². The van der Waals surface area contributed by atoms with Crippen LogP contribution in [0.25, 0.3) is 32.6 Å². The molecule has 0 fully saturated rings. The van der Waals surface area contributed by atoms with Crippen LogP contribution < -0.4 is 11.1 Å². The third-order valence-corrected chi connectivity index (χ3v) is 6.28. The lowest BCUT2D eigenvalue weighted by Gasteiger charge is -2.11. The number of thiophene rings is 1. The summed E-state index contributed by atoms with van der Waals surface area (Å²) >= 11 is 1.71. The van der Waals surface area contributed by atoms with Crippen LogP contribution in [-0.4, -0.2) is 31.0 Å². The number of benzene rings is 1. The van der Waals surface area contributed by atoms with E-state index in [4.69, 9.17) is 15.7 Å². The molecular weight excluding hydrogens is 406 g/mol. The first kappa shape index (κ1) is 19.4. The molecule has 0 aliphatic carbocycles. The molecule has 0 spiro atoms. The number of anilines is 2. The van der Waals surface area contributed by atoms with Crippen LogP contribution in [0.15, 0.2) is 54.3 Å². The lowest BCUT2D eigenvalue weighted by molar-refractivity contribution is 0.613. The number of fused-ring (bicyclic) bond motifs is 2. The van der Waals surface area contributed by atoms with E-state index in [1.165, 1.54) is 4.70 Å². The Morgan fingerprint density at radius 2 is 1.97 bits per heavy atom. The summed E-state index contributed by atoms with van der Waals surface area (Å²) in [5.41, 5.74) is 9.65. The molecular formula is C23H23N7S. The average molecular weight is 430 g/mol. The fourth-order valence-corrected chi connectivity index (χ4v) is 4.61. The molecule has 0 aliphatic rings. The molecule has 31 heavy (non-hydrogen) atoms. The molecule has 8 heteroatoms. The molecule has 4 aromatic heterocycles. The monoisotopic (exact) mass is 429 g/mol. The Bertz CT molecular complexity index is 1370. The van der Waals surface area contributed by atoms with Crippen LogP contribution >= 0.6 is 11.3 Å². The summed E-state index contributed by atoms with van der Waals surface area (Å²) in [6.45, 7) is 4.92. The van der Waals surface area contributed by atoms with E-state index in [2.05, 4.69) is 57.3 Å². The van der Waals surface area contributed by atoms with Gasteiger partial charge in [0.1, 0.15) is 11.3 Å². The Labute approximate surface area is 184 Å². The number of nitrogens with zero attached hydrogens (tertiary/aromatic N) is 5. The summed E-state index contributed by atoms with van der Waals surface area (Å²) in [6, 6.07) is 12.5. The third kappa shape index (κ3) is 3.59. The van der Waals surface area contributed by atoms with Gasteiger partial charge < -0.3 is 15.6 Å². The van der Waals surface area contributed by atoms with Crippen LogP contribution in [0, 0.1) is 0 Å². The molecule has 3 N–H and O–H groups in total. The molecule has 0 unspecified atom stereocenters. The Morgan fingerprint density at radius 3 is 2.81 bits per heavy atom. The Hall–Kier alpha value is -3.52. The smallest absolute Gasteiger partial charge is 0.166 e. The summed E-state index contributed by atoms with van der Waals surface area (Å²) in [4.78, 5) is 18.6. The van der Waals surface area contributed by atoms with E-state index >= 15 is 0 Å². The third-order valence-electron chi connectivity index (χ3n) is 5.31. The van der Waals surface area contributed by atoms with E-state index in [1.807, 2.05) is 24.5 Å². The number of aromatic nitrogens is 5. The maximum atomic E-state index is 5.99. The quantitative estimate of drug-likeness (QED) is 0.398. The molecule has 5 rings (SSSR count). The minimum absolute atomic E-state index is 0.245. The molecule has 0 saturated heterocycles. The highest BCUT2D eigenvalue weighted by Gasteiger charge is 2.17. The van der Waals surface area contributed by atoms with Gasteiger partial charge in [-0.1, -0.05) is 24.3 Å². The van der Waals surface area contributed by atoms with Crippen LogP contribution in [0.3, 0.4) is 0 Å². The van der Waals surface area contributed by atoms with Gasteiger partial charge >= 0.3 is 0 Å². The van der Waals surface area contributed by atoms with Crippen LogP contribution in [0.2, 0.25) is 0 Å². The first-order chi connectivity index (χ1) is 15.1. The molecule has 5 aromatic rings. The van der Waals surface area contributed by atoms with Gasteiger partial charge in [0, 0.05) is 39.8 Å². The van der Waals surface area contributed by atoms with E-state index in [0.717, 1.165) is 39.9 Å². The van der Waals surface area contributed by atoms with Crippen LogP contribution in [0.5, 0.6) is 0 Å². The van der Waals surface area contributed by atoms with Crippen LogP contribution in [-0.2, 0) is 6.42 Å². The zero-order chi connectivity index (χ0) is 21.4. The fraction of sp³-hybridized carbons (Fsp3) is 0.217. The number of pyridine rings is 1. The molecule has 7 nitrogen and oxygen atoms in total. The number of hydrogen-bond acceptors (Lipinski definition) is 7. The van der Waals surface area contributed by atoms with Gasteiger partial charge in [0.25, 0.3) is 0 Å². The SMILES string of the molecule is CC(C)n1cnc2c(NCCc3cccnc3N)nc(-c3csc4ccccc34)nc21. The van der Waals surface area contributed by atoms with Crippen LogP contribution in [0.4, 0.5) is 11.6 Å². The van der Waals surface area contributed by atoms with Crippen molar-refractivity contribution < 1.29 is 0 Å². The number of imidazole rings is 1. The summed E-state index contributed by atoms with van der Waals surface area (Å²) < 4.78 is 3.31. The highest BCUT2D eigenvalue weighted by Crippen LogP contribution is 2.34. The van der Waals surface area contributed by atoms with Crippen molar-refractivity contribution in [3.05, 3.63) is 59.9 Å². The topological polar surface area (TPSA) is 94.5 Å². The highest BCUT2D eigenvalue weighted by molar-refractivity contribution is 7.17. The molecule has 1 aromatic carbocycles. The second-order valence-electron chi connectivity index (χ2n) is 7.68. The number of rotatable bonds is 6. The van der Waals surface area contributed by atoms with Crippen LogP contribution in [0.1, 0.15) is 25.5 Å². The average Bonchev–Trinajstić information content (AvgIpc) is 3.39. The number of nitrogens with one attached hydrogen (secondary N) is 1. The van der Waals surface area contributed by atoms with E-state index < -0.39 is 0 Å². The van der Waals surface area contributed by atoms with Crippen molar-refractivity contribution in [2.45, 2.75) is 26.3 Å². The molecule has 0 bridgehead atoms. The second-order valence-corrected chi connectivity index (χ2v) is 8.59. The largest absolute Gasteiger partial charge is 0.383 e. The van der Waals surface area contributed by atoms with Gasteiger partial charge in [-0.15, -0.1) is 11.3 Å². The van der Waals surface area contributed by atoms with Gasteiger partial charge in [-0.3, -0.25) is 0 Å². The molecule has 4 heterocycles. The van der Waals surface area contributed by atoms with Crippen molar-refractivity contribution >= 4 is 44.2 Å². The molecule has 0 aliphatic heterocycles. The Morgan fingerprint density at radius 1 is 1.10 bits per heavy atom. The van der Waals surface area contributed by atoms with Gasteiger partial charge in [-0.2, -0.15) is 0 Å². The van der Waals surface area contributed by atoms with Gasteiger partial charge in [0.05, 0.1) is 6.33 Å². The molecule has 0 atom stereocenters. The van der Waals surface area contributed by atoms with Crippen molar-refractivity contribution in [2.75, 3.05) is 17.6 Å². The second kappa shape index (κ2) is 7.96.